The van der Waals surface area contributed by atoms with Crippen LogP contribution in [0, 0.1) is 11.8 Å². The lowest BCUT2D eigenvalue weighted by molar-refractivity contribution is -0.136. The van der Waals surface area contributed by atoms with Crippen LogP contribution in [-0.2, 0) is 9.59 Å². The molecule has 3 fully saturated rings. The molecule has 1 aromatic rings. The van der Waals surface area contributed by atoms with Crippen LogP contribution in [0.1, 0.15) is 26.7 Å². The second-order valence-corrected chi connectivity index (χ2v) is 8.69. The van der Waals surface area contributed by atoms with Gasteiger partial charge in [0.25, 0.3) is 0 Å². The van der Waals surface area contributed by atoms with Crippen LogP contribution >= 0.6 is 11.6 Å². The molecule has 0 aromatic heterocycles. The fraction of sp³-hybridized carbons (Fsp3) is 0.571. The van der Waals surface area contributed by atoms with E-state index in [4.69, 9.17) is 11.6 Å². The molecule has 7 nitrogen and oxygen atoms in total. The zero-order chi connectivity index (χ0) is 20.8. The van der Waals surface area contributed by atoms with E-state index in [1.807, 2.05) is 17.9 Å². The van der Waals surface area contributed by atoms with Crippen LogP contribution in [-0.4, -0.2) is 70.8 Å². The average Bonchev–Trinajstić information content (AvgIpc) is 3.22. The summed E-state index contributed by atoms with van der Waals surface area (Å²) in [6, 6.07) is 6.94. The number of halogens is 1. The van der Waals surface area contributed by atoms with Gasteiger partial charge in [0.2, 0.25) is 11.8 Å². The number of rotatable bonds is 2. The highest BCUT2D eigenvalue weighted by Gasteiger charge is 2.61. The molecule has 3 aliphatic heterocycles. The fourth-order valence-corrected chi connectivity index (χ4v) is 5.64. The van der Waals surface area contributed by atoms with Crippen molar-refractivity contribution < 1.29 is 14.4 Å². The molecule has 0 aliphatic carbocycles. The average molecular weight is 419 g/mol. The number of urea groups is 1. The molecular weight excluding hydrogens is 392 g/mol. The summed E-state index contributed by atoms with van der Waals surface area (Å²) in [5.41, 5.74) is 0.412. The number of fused-ring (bicyclic) bond motifs is 2. The Morgan fingerprint density at radius 3 is 2.55 bits per heavy atom. The summed E-state index contributed by atoms with van der Waals surface area (Å²) in [7, 11) is 0. The molecule has 1 spiro atoms. The highest BCUT2D eigenvalue weighted by Crippen LogP contribution is 2.49. The van der Waals surface area contributed by atoms with Crippen molar-refractivity contribution in [3.8, 4) is 0 Å². The van der Waals surface area contributed by atoms with Crippen LogP contribution in [0.4, 0.5) is 10.5 Å². The molecule has 8 heteroatoms. The summed E-state index contributed by atoms with van der Waals surface area (Å²) in [6.45, 7) is 6.58. The first-order valence-electron chi connectivity index (χ1n) is 10.2. The minimum Gasteiger partial charge on any atom is -0.342 e. The zero-order valence-electron chi connectivity index (χ0n) is 16.9. The van der Waals surface area contributed by atoms with Gasteiger partial charge >= 0.3 is 6.03 Å². The number of hydrogen-bond donors (Lipinski definition) is 1. The van der Waals surface area contributed by atoms with Gasteiger partial charge in [-0.15, -0.1) is 0 Å². The van der Waals surface area contributed by atoms with Gasteiger partial charge in [0.05, 0.1) is 11.5 Å². The minimum atomic E-state index is -0.256. The number of carbonyl (C=O) groups is 3. The van der Waals surface area contributed by atoms with E-state index in [-0.39, 0.29) is 35.2 Å². The Morgan fingerprint density at radius 1 is 1.21 bits per heavy atom. The van der Waals surface area contributed by atoms with E-state index in [0.29, 0.717) is 43.4 Å². The summed E-state index contributed by atoms with van der Waals surface area (Å²) in [6.07, 6.45) is 1.48. The maximum absolute atomic E-state index is 13.0. The second-order valence-electron chi connectivity index (χ2n) is 8.25. The van der Waals surface area contributed by atoms with Gasteiger partial charge < -0.3 is 20.0 Å². The van der Waals surface area contributed by atoms with E-state index in [2.05, 4.69) is 5.32 Å². The van der Waals surface area contributed by atoms with Crippen LogP contribution in [0.15, 0.2) is 24.3 Å². The van der Waals surface area contributed by atoms with Crippen molar-refractivity contribution >= 4 is 35.1 Å². The fourth-order valence-electron chi connectivity index (χ4n) is 5.45. The normalized spacial score (nSPS) is 25.5. The zero-order valence-corrected chi connectivity index (χ0v) is 17.6. The molecule has 3 saturated heterocycles. The third-order valence-corrected chi connectivity index (χ3v) is 7.12. The minimum absolute atomic E-state index is 0.0312. The summed E-state index contributed by atoms with van der Waals surface area (Å²) in [4.78, 5) is 43.2. The van der Waals surface area contributed by atoms with Crippen molar-refractivity contribution in [2.75, 3.05) is 38.0 Å². The summed E-state index contributed by atoms with van der Waals surface area (Å²) < 4.78 is 0. The second kappa shape index (κ2) is 7.52. The first-order chi connectivity index (χ1) is 13.9. The summed E-state index contributed by atoms with van der Waals surface area (Å²) >= 11 is 6.00. The highest BCUT2D eigenvalue weighted by molar-refractivity contribution is 6.30. The number of carbonyl (C=O) groups excluding carboxylic acids is 3. The van der Waals surface area contributed by atoms with Gasteiger partial charge in [-0.25, -0.2) is 4.79 Å². The third-order valence-electron chi connectivity index (χ3n) is 6.88. The molecule has 29 heavy (non-hydrogen) atoms. The van der Waals surface area contributed by atoms with E-state index in [0.717, 1.165) is 12.8 Å². The van der Waals surface area contributed by atoms with Crippen LogP contribution < -0.4 is 5.32 Å². The molecule has 1 aromatic carbocycles. The topological polar surface area (TPSA) is 73.0 Å². The van der Waals surface area contributed by atoms with E-state index in [9.17, 15) is 14.4 Å². The van der Waals surface area contributed by atoms with Crippen molar-refractivity contribution in [3.05, 3.63) is 29.3 Å². The molecule has 0 bridgehead atoms. The smallest absolute Gasteiger partial charge is 0.321 e. The molecule has 3 heterocycles. The number of hydrogen-bond acceptors (Lipinski definition) is 3. The molecule has 156 valence electrons. The standard InChI is InChI=1S/C21H27ClN4O3/c1-3-26-19(28)17-12-25(14(2)27)13-18(17)21(26)7-9-24(10-8-21)20(29)23-16-6-4-5-15(22)11-16/h4-6,11,17-18H,3,7-10,12-13H2,1-2H3,(H,23,29)/t17-,18+/m1/s1. The summed E-state index contributed by atoms with van der Waals surface area (Å²) in [5, 5.41) is 3.48. The third kappa shape index (κ3) is 3.35. The SMILES string of the molecule is CCN1C(=O)[C@@H]2CN(C(C)=O)C[C@@H]2C12CCN(C(=O)Nc1cccc(Cl)c1)CC2. The van der Waals surface area contributed by atoms with Crippen molar-refractivity contribution in [2.24, 2.45) is 11.8 Å². The molecule has 1 N–H and O–H groups in total. The Labute approximate surface area is 176 Å². The molecule has 2 atom stereocenters. The molecule has 4 amide bonds. The van der Waals surface area contributed by atoms with Crippen LogP contribution in [0.5, 0.6) is 0 Å². The largest absolute Gasteiger partial charge is 0.342 e. The monoisotopic (exact) mass is 418 g/mol. The van der Waals surface area contributed by atoms with Gasteiger partial charge in [-0.3, -0.25) is 9.59 Å². The van der Waals surface area contributed by atoms with Crippen molar-refractivity contribution in [3.63, 3.8) is 0 Å². The van der Waals surface area contributed by atoms with Crippen molar-refractivity contribution in [1.82, 2.24) is 14.7 Å². The molecule has 0 radical (unpaired) electrons. The lowest BCUT2D eigenvalue weighted by Crippen LogP contribution is -2.58. The van der Waals surface area contributed by atoms with Gasteiger partial charge in [-0.1, -0.05) is 17.7 Å². The maximum atomic E-state index is 13.0. The van der Waals surface area contributed by atoms with E-state index in [1.54, 1.807) is 34.9 Å². The lowest BCUT2D eigenvalue weighted by atomic mass is 9.75. The number of piperidine rings is 1. The van der Waals surface area contributed by atoms with Crippen molar-refractivity contribution in [1.29, 1.82) is 0 Å². The van der Waals surface area contributed by atoms with E-state index in [1.165, 1.54) is 0 Å². The predicted octanol–water partition coefficient (Wildman–Crippen LogP) is 2.66. The van der Waals surface area contributed by atoms with Crippen LogP contribution in [0.3, 0.4) is 0 Å². The van der Waals surface area contributed by atoms with E-state index >= 15 is 0 Å². The van der Waals surface area contributed by atoms with Gasteiger partial charge in [0, 0.05) is 56.3 Å². The Kier molecular flexibility index (Phi) is 5.19. The maximum Gasteiger partial charge on any atom is 0.321 e. The van der Waals surface area contributed by atoms with Gasteiger partial charge in [0.15, 0.2) is 0 Å². The van der Waals surface area contributed by atoms with E-state index < -0.39 is 0 Å². The number of nitrogens with zero attached hydrogens (tertiary/aromatic N) is 3. The first-order valence-corrected chi connectivity index (χ1v) is 10.6. The Bertz CT molecular complexity index is 837. The van der Waals surface area contributed by atoms with Gasteiger partial charge in [0.1, 0.15) is 0 Å². The number of anilines is 1. The first kappa shape index (κ1) is 20.0. The Hall–Kier alpha value is -2.28. The lowest BCUT2D eigenvalue weighted by Gasteiger charge is -2.47. The van der Waals surface area contributed by atoms with Crippen LogP contribution in [0.2, 0.25) is 5.02 Å². The number of benzene rings is 1. The van der Waals surface area contributed by atoms with Gasteiger partial charge in [-0.2, -0.15) is 0 Å². The molecule has 0 saturated carbocycles. The number of amides is 4. The van der Waals surface area contributed by atoms with Crippen LogP contribution in [0.25, 0.3) is 0 Å². The predicted molar refractivity (Wildman–Crippen MR) is 111 cm³/mol. The number of nitrogens with one attached hydrogen (secondary N) is 1. The Morgan fingerprint density at radius 2 is 1.93 bits per heavy atom. The highest BCUT2D eigenvalue weighted by atomic mass is 35.5. The quantitative estimate of drug-likeness (QED) is 0.802. The number of likely N-dealkylation sites (tertiary alicyclic amines) is 3. The summed E-state index contributed by atoms with van der Waals surface area (Å²) in [5.74, 6) is 0.240. The molecule has 4 rings (SSSR count). The molecular formula is C21H27ClN4O3. The van der Waals surface area contributed by atoms with Gasteiger partial charge in [-0.05, 0) is 38.0 Å². The Balaban J connectivity index is 1.47. The molecule has 0 unspecified atom stereocenters. The van der Waals surface area contributed by atoms with Crippen molar-refractivity contribution in [2.45, 2.75) is 32.2 Å². The molecule has 3 aliphatic rings.